The van der Waals surface area contributed by atoms with Gasteiger partial charge in [0.05, 0.1) is 5.92 Å². The molecule has 0 bridgehead atoms. The number of nitrogens with zero attached hydrogens (tertiary/aromatic N) is 1. The Hall–Kier alpha value is -1.18. The van der Waals surface area contributed by atoms with Crippen LogP contribution in [0.15, 0.2) is 34.1 Å². The van der Waals surface area contributed by atoms with Crippen LogP contribution in [0.25, 0.3) is 6.08 Å². The fourth-order valence-corrected chi connectivity index (χ4v) is 3.34. The average molecular weight is 346 g/mol. The van der Waals surface area contributed by atoms with E-state index >= 15 is 0 Å². The van der Waals surface area contributed by atoms with Crippen molar-refractivity contribution in [2.75, 3.05) is 13.1 Å². The first-order valence-corrected chi connectivity index (χ1v) is 7.85. The summed E-state index contributed by atoms with van der Waals surface area (Å²) in [5, 5.41) is 9.82. The molecule has 1 N–H and O–H groups in total. The molecule has 0 atom stereocenters. The van der Waals surface area contributed by atoms with Gasteiger partial charge in [-0.1, -0.05) is 34.1 Å². The molecule has 1 fully saturated rings. The van der Waals surface area contributed by atoms with Crippen LogP contribution in [0.3, 0.4) is 0 Å². The van der Waals surface area contributed by atoms with E-state index in [2.05, 4.69) is 15.9 Å². The number of rotatable bonds is 4. The predicted octanol–water partition coefficient (Wildman–Crippen LogP) is 1.77. The highest BCUT2D eigenvalue weighted by atomic mass is 79.9. The SMILES string of the molecule is O=C(O)C1CN(S(=O)(=O)/C=C/c2ccccc2Br)C1. The molecule has 0 aliphatic carbocycles. The number of benzene rings is 1. The lowest BCUT2D eigenvalue weighted by molar-refractivity contribution is -0.145. The van der Waals surface area contributed by atoms with Crippen molar-refractivity contribution in [2.24, 2.45) is 5.92 Å². The summed E-state index contributed by atoms with van der Waals surface area (Å²) in [5.74, 6) is -1.55. The monoisotopic (exact) mass is 345 g/mol. The van der Waals surface area contributed by atoms with Crippen molar-refractivity contribution >= 4 is 38.0 Å². The Morgan fingerprint density at radius 3 is 2.58 bits per heavy atom. The topological polar surface area (TPSA) is 74.7 Å². The van der Waals surface area contributed by atoms with Crippen LogP contribution in [-0.2, 0) is 14.8 Å². The number of hydrogen-bond acceptors (Lipinski definition) is 3. The van der Waals surface area contributed by atoms with Crippen molar-refractivity contribution in [1.29, 1.82) is 0 Å². The quantitative estimate of drug-likeness (QED) is 0.902. The number of carboxylic acid groups (broad SMARTS) is 1. The molecule has 1 saturated heterocycles. The van der Waals surface area contributed by atoms with E-state index < -0.39 is 21.9 Å². The lowest BCUT2D eigenvalue weighted by atomic mass is 10.0. The molecule has 1 aliphatic rings. The maximum atomic E-state index is 11.9. The molecule has 1 aromatic rings. The Kier molecular flexibility index (Phi) is 4.07. The third-order valence-corrected chi connectivity index (χ3v) is 5.10. The van der Waals surface area contributed by atoms with Gasteiger partial charge < -0.3 is 5.11 Å². The second-order valence-corrected chi connectivity index (χ2v) is 6.89. The van der Waals surface area contributed by atoms with E-state index in [1.54, 1.807) is 12.1 Å². The van der Waals surface area contributed by atoms with Crippen LogP contribution in [0, 0.1) is 5.92 Å². The number of carboxylic acids is 1. The van der Waals surface area contributed by atoms with Crippen molar-refractivity contribution in [3.05, 3.63) is 39.7 Å². The Morgan fingerprint density at radius 2 is 2.00 bits per heavy atom. The molecule has 0 radical (unpaired) electrons. The molecule has 0 saturated carbocycles. The van der Waals surface area contributed by atoms with Crippen molar-refractivity contribution in [3.63, 3.8) is 0 Å². The van der Waals surface area contributed by atoms with E-state index in [4.69, 9.17) is 5.11 Å². The fourth-order valence-electron chi connectivity index (χ4n) is 1.66. The molecule has 1 aromatic carbocycles. The summed E-state index contributed by atoms with van der Waals surface area (Å²) in [5.41, 5.74) is 0.751. The molecule has 102 valence electrons. The largest absolute Gasteiger partial charge is 0.481 e. The van der Waals surface area contributed by atoms with E-state index in [1.165, 1.54) is 6.08 Å². The summed E-state index contributed by atoms with van der Waals surface area (Å²) < 4.78 is 25.7. The second kappa shape index (κ2) is 5.44. The number of hydrogen-bond donors (Lipinski definition) is 1. The van der Waals surface area contributed by atoms with Gasteiger partial charge in [-0.3, -0.25) is 4.79 Å². The zero-order chi connectivity index (χ0) is 14.0. The zero-order valence-corrected chi connectivity index (χ0v) is 12.3. The number of aliphatic carboxylic acids is 1. The normalized spacial score (nSPS) is 17.5. The summed E-state index contributed by atoms with van der Waals surface area (Å²) in [7, 11) is -3.54. The van der Waals surface area contributed by atoms with Crippen LogP contribution in [0.5, 0.6) is 0 Å². The fraction of sp³-hybridized carbons (Fsp3) is 0.250. The molecule has 1 aliphatic heterocycles. The highest BCUT2D eigenvalue weighted by Gasteiger charge is 2.38. The van der Waals surface area contributed by atoms with Crippen molar-refractivity contribution in [3.8, 4) is 0 Å². The van der Waals surface area contributed by atoms with Gasteiger partial charge in [0.15, 0.2) is 0 Å². The van der Waals surface area contributed by atoms with Crippen molar-refractivity contribution < 1.29 is 18.3 Å². The smallest absolute Gasteiger partial charge is 0.309 e. The molecule has 5 nitrogen and oxygen atoms in total. The molecule has 0 spiro atoms. The molecule has 2 rings (SSSR count). The Morgan fingerprint density at radius 1 is 1.37 bits per heavy atom. The molecule has 19 heavy (non-hydrogen) atoms. The first-order chi connectivity index (χ1) is 8.90. The Bertz CT molecular complexity index is 620. The summed E-state index contributed by atoms with van der Waals surface area (Å²) in [6, 6.07) is 7.24. The van der Waals surface area contributed by atoms with Gasteiger partial charge in [0.25, 0.3) is 0 Å². The summed E-state index contributed by atoms with van der Waals surface area (Å²) in [4.78, 5) is 10.6. The van der Waals surface area contributed by atoms with Crippen LogP contribution in [0.1, 0.15) is 5.56 Å². The Balaban J connectivity index is 2.07. The maximum Gasteiger partial charge on any atom is 0.309 e. The average Bonchev–Trinajstić information content (AvgIpc) is 2.25. The van der Waals surface area contributed by atoms with E-state index in [0.717, 1.165) is 19.7 Å². The first kappa shape index (κ1) is 14.2. The third-order valence-electron chi connectivity index (χ3n) is 2.88. The van der Waals surface area contributed by atoms with Gasteiger partial charge in [-0.25, -0.2) is 8.42 Å². The molecule has 0 aromatic heterocycles. The lowest BCUT2D eigenvalue weighted by Gasteiger charge is -2.34. The van der Waals surface area contributed by atoms with Gasteiger partial charge in [-0.15, -0.1) is 0 Å². The minimum absolute atomic E-state index is 0.0396. The van der Waals surface area contributed by atoms with Gasteiger partial charge in [0, 0.05) is 23.0 Å². The van der Waals surface area contributed by atoms with Gasteiger partial charge in [0.2, 0.25) is 10.0 Å². The molecule has 0 amide bonds. The minimum Gasteiger partial charge on any atom is -0.481 e. The summed E-state index contributed by atoms with van der Waals surface area (Å²) in [6.07, 6.45) is 1.49. The van der Waals surface area contributed by atoms with Crippen LogP contribution in [0.2, 0.25) is 0 Å². The second-order valence-electron chi connectivity index (χ2n) is 4.22. The van der Waals surface area contributed by atoms with Crippen molar-refractivity contribution in [1.82, 2.24) is 4.31 Å². The van der Waals surface area contributed by atoms with E-state index in [0.29, 0.717) is 0 Å². The maximum absolute atomic E-state index is 11.9. The highest BCUT2D eigenvalue weighted by Crippen LogP contribution is 2.22. The molecule has 7 heteroatoms. The summed E-state index contributed by atoms with van der Waals surface area (Å²) >= 11 is 3.32. The van der Waals surface area contributed by atoms with Gasteiger partial charge >= 0.3 is 5.97 Å². The molecule has 0 unspecified atom stereocenters. The van der Waals surface area contributed by atoms with Crippen LogP contribution >= 0.6 is 15.9 Å². The molecular weight excluding hydrogens is 334 g/mol. The lowest BCUT2D eigenvalue weighted by Crippen LogP contribution is -2.52. The van der Waals surface area contributed by atoms with Crippen molar-refractivity contribution in [2.45, 2.75) is 0 Å². The van der Waals surface area contributed by atoms with Gasteiger partial charge in [-0.2, -0.15) is 4.31 Å². The molecule has 1 heterocycles. The zero-order valence-electron chi connectivity index (χ0n) is 9.86. The standard InChI is InChI=1S/C12H12BrNO4S/c13-11-4-2-1-3-9(11)5-6-19(17,18)14-7-10(8-14)12(15)16/h1-6,10H,7-8H2,(H,15,16)/b6-5+. The van der Waals surface area contributed by atoms with E-state index in [9.17, 15) is 13.2 Å². The van der Waals surface area contributed by atoms with Crippen LogP contribution in [-0.4, -0.2) is 36.9 Å². The first-order valence-electron chi connectivity index (χ1n) is 5.56. The highest BCUT2D eigenvalue weighted by molar-refractivity contribution is 9.10. The summed E-state index contributed by atoms with van der Waals surface area (Å²) in [6.45, 7) is 0.0793. The molecular formula is C12H12BrNO4S. The van der Waals surface area contributed by atoms with E-state index in [1.807, 2.05) is 12.1 Å². The van der Waals surface area contributed by atoms with Gasteiger partial charge in [0.1, 0.15) is 0 Å². The van der Waals surface area contributed by atoms with Gasteiger partial charge in [-0.05, 0) is 17.7 Å². The number of carbonyl (C=O) groups is 1. The predicted molar refractivity (Wildman–Crippen MR) is 74.8 cm³/mol. The number of sulfonamides is 1. The minimum atomic E-state index is -3.54. The third kappa shape index (κ3) is 3.23. The van der Waals surface area contributed by atoms with E-state index in [-0.39, 0.29) is 13.1 Å². The van der Waals surface area contributed by atoms with Crippen LogP contribution in [0.4, 0.5) is 0 Å². The van der Waals surface area contributed by atoms with Crippen LogP contribution < -0.4 is 0 Å². The number of halogens is 1. The Labute approximate surface area is 119 Å².